The zero-order valence-electron chi connectivity index (χ0n) is 15.9. The number of amides is 1. The predicted molar refractivity (Wildman–Crippen MR) is 109 cm³/mol. The largest absolute Gasteiger partial charge is 0.324 e. The van der Waals surface area contributed by atoms with Crippen molar-refractivity contribution in [2.75, 3.05) is 5.32 Å². The van der Waals surface area contributed by atoms with Gasteiger partial charge in [-0.25, -0.2) is 8.42 Å². The van der Waals surface area contributed by atoms with Crippen LogP contribution in [0.3, 0.4) is 0 Å². The van der Waals surface area contributed by atoms with Crippen LogP contribution in [0.25, 0.3) is 0 Å². The summed E-state index contributed by atoms with van der Waals surface area (Å²) < 4.78 is 27.1. The molecule has 1 amide bonds. The van der Waals surface area contributed by atoms with Gasteiger partial charge in [0.25, 0.3) is 10.0 Å². The van der Waals surface area contributed by atoms with E-state index < -0.39 is 16.1 Å². The lowest BCUT2D eigenvalue weighted by molar-refractivity contribution is -0.118. The van der Waals surface area contributed by atoms with Crippen molar-refractivity contribution in [3.63, 3.8) is 0 Å². The number of fused-ring (bicyclic) bond motifs is 2. The molecule has 0 saturated heterocycles. The molecule has 1 atom stereocenters. The van der Waals surface area contributed by atoms with E-state index in [1.807, 2.05) is 26.0 Å². The van der Waals surface area contributed by atoms with Gasteiger partial charge >= 0.3 is 0 Å². The highest BCUT2D eigenvalue weighted by Gasteiger charge is 2.32. The maximum Gasteiger partial charge on any atom is 0.263 e. The van der Waals surface area contributed by atoms with Gasteiger partial charge < -0.3 is 5.32 Å². The number of aryl methyl sites for hydroxylation is 2. The molecule has 1 heterocycles. The van der Waals surface area contributed by atoms with Crippen LogP contribution in [0.15, 0.2) is 52.4 Å². The van der Waals surface area contributed by atoms with Crippen molar-refractivity contribution in [1.29, 1.82) is 0 Å². The predicted octanol–water partition coefficient (Wildman–Crippen LogP) is 2.88. The molecule has 1 aliphatic carbocycles. The minimum atomic E-state index is -3.63. The van der Waals surface area contributed by atoms with Gasteiger partial charge in [0.15, 0.2) is 0 Å². The summed E-state index contributed by atoms with van der Waals surface area (Å²) in [5, 5.41) is 2.95. The van der Waals surface area contributed by atoms with Gasteiger partial charge in [0.2, 0.25) is 5.91 Å². The monoisotopic (exact) mass is 397 g/mol. The molecule has 2 aliphatic rings. The van der Waals surface area contributed by atoms with E-state index in [0.717, 1.165) is 24.9 Å². The van der Waals surface area contributed by atoms with Crippen LogP contribution in [0, 0.1) is 5.92 Å². The van der Waals surface area contributed by atoms with E-state index in [4.69, 9.17) is 0 Å². The molecule has 28 heavy (non-hydrogen) atoms. The van der Waals surface area contributed by atoms with E-state index in [2.05, 4.69) is 21.1 Å². The Balaban J connectivity index is 1.61. The van der Waals surface area contributed by atoms with Gasteiger partial charge in [-0.3, -0.25) is 14.5 Å². The number of rotatable bonds is 4. The van der Waals surface area contributed by atoms with Crippen LogP contribution in [0.2, 0.25) is 0 Å². The summed E-state index contributed by atoms with van der Waals surface area (Å²) in [5.41, 5.74) is 3.88. The number of sulfonamides is 1. The summed E-state index contributed by atoms with van der Waals surface area (Å²) >= 11 is 0. The number of benzene rings is 2. The molecule has 6 nitrogen and oxygen atoms in total. The zero-order valence-corrected chi connectivity index (χ0v) is 16.7. The number of carbonyl (C=O) groups excluding carboxylic acids is 1. The van der Waals surface area contributed by atoms with E-state index in [9.17, 15) is 13.2 Å². The van der Waals surface area contributed by atoms with Crippen molar-refractivity contribution in [2.24, 2.45) is 10.9 Å². The standard InChI is InChI=1S/C21H23N3O3S/c1-13(2)19(21(25)22-16-11-10-14-6-5-7-15(14)12-16)23-20-17-8-3-4-9-18(17)28(26,27)24-20/h3-4,8-13,19H,5-7H2,1-2H3,(H,22,25)(H,23,24)/t19-/m0/s1. The van der Waals surface area contributed by atoms with Gasteiger partial charge in [-0.05, 0) is 60.6 Å². The Morgan fingerprint density at radius 2 is 1.86 bits per heavy atom. The summed E-state index contributed by atoms with van der Waals surface area (Å²) in [6, 6.07) is 12.0. The number of hydrogen-bond donors (Lipinski definition) is 2. The fourth-order valence-corrected chi connectivity index (χ4v) is 4.98. The average Bonchev–Trinajstić information content (AvgIpc) is 3.21. The summed E-state index contributed by atoms with van der Waals surface area (Å²) in [4.78, 5) is 17.6. The maximum atomic E-state index is 12.9. The van der Waals surface area contributed by atoms with Gasteiger partial charge in [-0.15, -0.1) is 0 Å². The molecule has 0 unspecified atom stereocenters. The van der Waals surface area contributed by atoms with E-state index in [1.165, 1.54) is 17.2 Å². The van der Waals surface area contributed by atoms with Crippen LogP contribution in [0.1, 0.15) is 37.0 Å². The van der Waals surface area contributed by atoms with Crippen molar-refractivity contribution in [1.82, 2.24) is 4.72 Å². The van der Waals surface area contributed by atoms with E-state index in [-0.39, 0.29) is 22.6 Å². The Kier molecular flexibility index (Phi) is 4.71. The molecule has 0 aromatic heterocycles. The summed E-state index contributed by atoms with van der Waals surface area (Å²) in [6.45, 7) is 3.79. The first kappa shape index (κ1) is 18.7. The summed E-state index contributed by atoms with van der Waals surface area (Å²) in [7, 11) is -3.63. The van der Waals surface area contributed by atoms with Crippen LogP contribution in [0.5, 0.6) is 0 Å². The van der Waals surface area contributed by atoms with Crippen LogP contribution in [-0.2, 0) is 27.7 Å². The van der Waals surface area contributed by atoms with Crippen LogP contribution >= 0.6 is 0 Å². The molecule has 0 fully saturated rings. The second kappa shape index (κ2) is 7.05. The molecule has 0 bridgehead atoms. The lowest BCUT2D eigenvalue weighted by Gasteiger charge is -2.18. The maximum absolute atomic E-state index is 12.9. The van der Waals surface area contributed by atoms with Crippen molar-refractivity contribution < 1.29 is 13.2 Å². The average molecular weight is 398 g/mol. The van der Waals surface area contributed by atoms with Crippen molar-refractivity contribution in [3.8, 4) is 0 Å². The molecule has 0 radical (unpaired) electrons. The Labute approximate surface area is 165 Å². The first-order chi connectivity index (χ1) is 13.3. The third-order valence-corrected chi connectivity index (χ3v) is 6.59. The van der Waals surface area contributed by atoms with Gasteiger partial charge in [-0.2, -0.15) is 0 Å². The SMILES string of the molecule is CC(C)[C@H](N=C1NS(=O)(=O)c2ccccc21)C(=O)Nc1ccc2c(c1)CCC2. The highest BCUT2D eigenvalue weighted by Crippen LogP contribution is 2.26. The number of carbonyl (C=O) groups is 1. The van der Waals surface area contributed by atoms with Crippen molar-refractivity contribution in [2.45, 2.75) is 44.0 Å². The highest BCUT2D eigenvalue weighted by atomic mass is 32.2. The van der Waals surface area contributed by atoms with Crippen molar-refractivity contribution >= 4 is 27.5 Å². The summed E-state index contributed by atoms with van der Waals surface area (Å²) in [5.74, 6) is -0.123. The summed E-state index contributed by atoms with van der Waals surface area (Å²) in [6.07, 6.45) is 3.27. The Bertz CT molecular complexity index is 1070. The smallest absolute Gasteiger partial charge is 0.263 e. The number of aliphatic imine (C=N–C) groups is 1. The number of nitrogens with zero attached hydrogens (tertiary/aromatic N) is 1. The Hall–Kier alpha value is -2.67. The number of nitrogens with one attached hydrogen (secondary N) is 2. The minimum absolute atomic E-state index is 0.0980. The topological polar surface area (TPSA) is 87.6 Å². The molecule has 0 spiro atoms. The van der Waals surface area contributed by atoms with E-state index in [0.29, 0.717) is 5.56 Å². The lowest BCUT2D eigenvalue weighted by atomic mass is 10.0. The van der Waals surface area contributed by atoms with Gasteiger partial charge in [0.1, 0.15) is 11.9 Å². The van der Waals surface area contributed by atoms with Crippen LogP contribution in [-0.4, -0.2) is 26.2 Å². The van der Waals surface area contributed by atoms with E-state index in [1.54, 1.807) is 18.2 Å². The fourth-order valence-electron chi connectivity index (χ4n) is 3.75. The fraction of sp³-hybridized carbons (Fsp3) is 0.333. The minimum Gasteiger partial charge on any atom is -0.324 e. The second-order valence-corrected chi connectivity index (χ2v) is 9.25. The molecular weight excluding hydrogens is 374 g/mol. The quantitative estimate of drug-likeness (QED) is 0.832. The molecule has 2 N–H and O–H groups in total. The second-order valence-electron chi connectivity index (χ2n) is 7.59. The Morgan fingerprint density at radius 1 is 1.11 bits per heavy atom. The van der Waals surface area contributed by atoms with Crippen LogP contribution in [0.4, 0.5) is 5.69 Å². The number of anilines is 1. The zero-order chi connectivity index (χ0) is 19.9. The molecule has 4 rings (SSSR count). The van der Waals surface area contributed by atoms with Gasteiger partial charge in [0.05, 0.1) is 4.90 Å². The first-order valence-electron chi connectivity index (χ1n) is 9.48. The molecule has 2 aromatic rings. The Morgan fingerprint density at radius 3 is 2.64 bits per heavy atom. The molecule has 1 aliphatic heterocycles. The third kappa shape index (κ3) is 3.42. The number of amidine groups is 1. The normalized spacial score (nSPS) is 19.2. The van der Waals surface area contributed by atoms with Gasteiger partial charge in [-0.1, -0.05) is 32.0 Å². The molecule has 7 heteroatoms. The number of hydrogen-bond acceptors (Lipinski definition) is 4. The third-order valence-electron chi connectivity index (χ3n) is 5.20. The van der Waals surface area contributed by atoms with Crippen LogP contribution < -0.4 is 10.0 Å². The molecular formula is C21H23N3O3S. The van der Waals surface area contributed by atoms with E-state index >= 15 is 0 Å². The van der Waals surface area contributed by atoms with Gasteiger partial charge in [0, 0.05) is 11.3 Å². The van der Waals surface area contributed by atoms with Crippen molar-refractivity contribution in [3.05, 3.63) is 59.2 Å². The lowest BCUT2D eigenvalue weighted by Crippen LogP contribution is -2.34. The highest BCUT2D eigenvalue weighted by molar-refractivity contribution is 7.90. The molecule has 2 aromatic carbocycles. The first-order valence-corrected chi connectivity index (χ1v) is 11.0. The molecule has 0 saturated carbocycles. The molecule has 146 valence electrons.